The molecule has 1 saturated heterocycles. The van der Waals surface area contributed by atoms with Crippen molar-refractivity contribution in [3.8, 4) is 0 Å². The molecule has 2 heterocycles. The number of rotatable bonds is 2. The number of benzene rings is 1. The first-order valence-electron chi connectivity index (χ1n) is 7.63. The third-order valence-electron chi connectivity index (χ3n) is 4.49. The molecule has 21 heavy (non-hydrogen) atoms. The average molecular weight is 289 g/mol. The van der Waals surface area contributed by atoms with Crippen molar-refractivity contribution >= 4 is 11.6 Å². The Kier molecular flexibility index (Phi) is 4.12. The number of carbonyl (C=O) groups excluding carboxylic acids is 1. The molecule has 0 aromatic heterocycles. The number of likely N-dealkylation sites (N-methyl/N-ethyl adjacent to an activating group) is 1. The monoisotopic (exact) mass is 289 g/mol. The van der Waals surface area contributed by atoms with Crippen LogP contribution >= 0.6 is 0 Å². The highest BCUT2D eigenvalue weighted by Gasteiger charge is 2.26. The molecule has 1 aromatic rings. The molecular formula is C16H23N3O2. The lowest BCUT2D eigenvalue weighted by molar-refractivity contribution is -0.131. The molecule has 3 rings (SSSR count). The Bertz CT molecular complexity index is 512. The molecule has 1 N–H and O–H groups in total. The SMILES string of the molecule is CN1CCN(C(=O)CN2CCC(O)c3ccccc32)CC1. The van der Waals surface area contributed by atoms with Gasteiger partial charge in [0.15, 0.2) is 0 Å². The Balaban J connectivity index is 1.68. The number of hydrogen-bond acceptors (Lipinski definition) is 4. The molecule has 0 aliphatic carbocycles. The summed E-state index contributed by atoms with van der Waals surface area (Å²) in [6.07, 6.45) is 0.281. The van der Waals surface area contributed by atoms with E-state index >= 15 is 0 Å². The third kappa shape index (κ3) is 3.04. The second-order valence-electron chi connectivity index (χ2n) is 5.97. The van der Waals surface area contributed by atoms with E-state index < -0.39 is 6.10 Å². The molecule has 0 spiro atoms. The van der Waals surface area contributed by atoms with E-state index in [9.17, 15) is 9.90 Å². The Morgan fingerprint density at radius 3 is 2.67 bits per heavy atom. The number of nitrogens with zero attached hydrogens (tertiary/aromatic N) is 3. The number of para-hydroxylation sites is 1. The minimum Gasteiger partial charge on any atom is -0.388 e. The molecule has 0 saturated carbocycles. The lowest BCUT2D eigenvalue weighted by Gasteiger charge is -2.37. The molecule has 0 bridgehead atoms. The largest absolute Gasteiger partial charge is 0.388 e. The zero-order valence-corrected chi connectivity index (χ0v) is 12.5. The van der Waals surface area contributed by atoms with Crippen molar-refractivity contribution in [3.63, 3.8) is 0 Å². The van der Waals surface area contributed by atoms with Crippen LogP contribution in [0.1, 0.15) is 18.1 Å². The van der Waals surface area contributed by atoms with E-state index in [1.54, 1.807) is 0 Å². The summed E-state index contributed by atoms with van der Waals surface area (Å²) in [6, 6.07) is 7.85. The van der Waals surface area contributed by atoms with E-state index in [0.29, 0.717) is 13.0 Å². The normalized spacial score (nSPS) is 23.0. The quantitative estimate of drug-likeness (QED) is 0.871. The lowest BCUT2D eigenvalue weighted by Crippen LogP contribution is -2.50. The van der Waals surface area contributed by atoms with Crippen LogP contribution < -0.4 is 4.90 Å². The fraction of sp³-hybridized carbons (Fsp3) is 0.562. The van der Waals surface area contributed by atoms with E-state index in [0.717, 1.165) is 44.0 Å². The highest BCUT2D eigenvalue weighted by atomic mass is 16.3. The number of hydrogen-bond donors (Lipinski definition) is 1. The third-order valence-corrected chi connectivity index (χ3v) is 4.49. The Morgan fingerprint density at radius 2 is 1.90 bits per heavy atom. The summed E-state index contributed by atoms with van der Waals surface area (Å²) in [6.45, 7) is 4.66. The number of anilines is 1. The van der Waals surface area contributed by atoms with Gasteiger partial charge in [0.2, 0.25) is 5.91 Å². The predicted molar refractivity (Wildman–Crippen MR) is 82.3 cm³/mol. The zero-order valence-electron chi connectivity index (χ0n) is 12.5. The smallest absolute Gasteiger partial charge is 0.242 e. The number of aliphatic hydroxyl groups excluding tert-OH is 1. The van der Waals surface area contributed by atoms with Crippen LogP contribution in [0.15, 0.2) is 24.3 Å². The summed E-state index contributed by atoms with van der Waals surface area (Å²) in [5.74, 6) is 0.189. The van der Waals surface area contributed by atoms with E-state index in [1.165, 1.54) is 0 Å². The molecule has 1 aromatic carbocycles. The predicted octanol–water partition coefficient (Wildman–Crippen LogP) is 0.704. The highest BCUT2D eigenvalue weighted by Crippen LogP contribution is 2.33. The van der Waals surface area contributed by atoms with Gasteiger partial charge in [0, 0.05) is 44.0 Å². The molecule has 1 fully saturated rings. The average Bonchev–Trinajstić information content (AvgIpc) is 2.51. The first-order valence-corrected chi connectivity index (χ1v) is 7.63. The number of carbonyl (C=O) groups is 1. The van der Waals surface area contributed by atoms with Crippen molar-refractivity contribution in [3.05, 3.63) is 29.8 Å². The molecule has 5 heteroatoms. The van der Waals surface area contributed by atoms with Crippen molar-refractivity contribution in [2.45, 2.75) is 12.5 Å². The van der Waals surface area contributed by atoms with E-state index in [-0.39, 0.29) is 5.91 Å². The Labute approximate surface area is 125 Å². The number of fused-ring (bicyclic) bond motifs is 1. The second-order valence-corrected chi connectivity index (χ2v) is 5.97. The van der Waals surface area contributed by atoms with Gasteiger partial charge in [-0.2, -0.15) is 0 Å². The van der Waals surface area contributed by atoms with Crippen LogP contribution in [0, 0.1) is 0 Å². The molecular weight excluding hydrogens is 266 g/mol. The highest BCUT2D eigenvalue weighted by molar-refractivity contribution is 5.82. The van der Waals surface area contributed by atoms with Crippen LogP contribution in [0.4, 0.5) is 5.69 Å². The molecule has 1 atom stereocenters. The summed E-state index contributed by atoms with van der Waals surface area (Å²) in [5.41, 5.74) is 1.94. The molecule has 1 unspecified atom stereocenters. The fourth-order valence-corrected chi connectivity index (χ4v) is 3.09. The zero-order chi connectivity index (χ0) is 14.8. The van der Waals surface area contributed by atoms with E-state index in [4.69, 9.17) is 0 Å². The standard InChI is InChI=1S/C16H23N3O2/c1-17-8-10-18(11-9-17)16(21)12-19-7-6-15(20)13-4-2-3-5-14(13)19/h2-5,15,20H,6-12H2,1H3. The maximum atomic E-state index is 12.5. The summed E-state index contributed by atoms with van der Waals surface area (Å²) in [4.78, 5) is 18.8. The van der Waals surface area contributed by atoms with Gasteiger partial charge in [-0.3, -0.25) is 4.79 Å². The number of amides is 1. The Hall–Kier alpha value is -1.59. The molecule has 114 valence electrons. The minimum absolute atomic E-state index is 0.189. The van der Waals surface area contributed by atoms with Crippen LogP contribution in [0.25, 0.3) is 0 Å². The number of piperazine rings is 1. The molecule has 1 amide bonds. The van der Waals surface area contributed by atoms with Gasteiger partial charge in [0.25, 0.3) is 0 Å². The van der Waals surface area contributed by atoms with Crippen LogP contribution in [0.5, 0.6) is 0 Å². The second kappa shape index (κ2) is 6.03. The van der Waals surface area contributed by atoms with E-state index in [1.807, 2.05) is 29.2 Å². The van der Waals surface area contributed by atoms with Crippen molar-refractivity contribution in [1.29, 1.82) is 0 Å². The molecule has 2 aliphatic heterocycles. The van der Waals surface area contributed by atoms with Crippen molar-refractivity contribution in [2.75, 3.05) is 51.2 Å². The van der Waals surface area contributed by atoms with E-state index in [2.05, 4.69) is 16.8 Å². The van der Waals surface area contributed by atoms with Gasteiger partial charge < -0.3 is 19.8 Å². The number of aliphatic hydroxyl groups is 1. The summed E-state index contributed by atoms with van der Waals surface area (Å²) >= 11 is 0. The van der Waals surface area contributed by atoms with Gasteiger partial charge in [-0.15, -0.1) is 0 Å². The van der Waals surface area contributed by atoms with Crippen LogP contribution in [-0.2, 0) is 4.79 Å². The minimum atomic E-state index is -0.406. The van der Waals surface area contributed by atoms with Gasteiger partial charge in [0.05, 0.1) is 12.6 Å². The topological polar surface area (TPSA) is 47.0 Å². The summed E-state index contributed by atoms with van der Waals surface area (Å²) < 4.78 is 0. The van der Waals surface area contributed by atoms with Crippen LogP contribution in [-0.4, -0.2) is 67.1 Å². The van der Waals surface area contributed by atoms with Crippen LogP contribution in [0.3, 0.4) is 0 Å². The Morgan fingerprint density at radius 1 is 1.19 bits per heavy atom. The van der Waals surface area contributed by atoms with Crippen molar-refractivity contribution in [2.24, 2.45) is 0 Å². The van der Waals surface area contributed by atoms with Gasteiger partial charge in [-0.1, -0.05) is 18.2 Å². The molecule has 0 radical (unpaired) electrons. The van der Waals surface area contributed by atoms with Crippen molar-refractivity contribution < 1.29 is 9.90 Å². The van der Waals surface area contributed by atoms with Gasteiger partial charge >= 0.3 is 0 Å². The summed E-state index contributed by atoms with van der Waals surface area (Å²) in [5, 5.41) is 10.1. The van der Waals surface area contributed by atoms with Crippen LogP contribution in [0.2, 0.25) is 0 Å². The maximum absolute atomic E-state index is 12.5. The van der Waals surface area contributed by atoms with Gasteiger partial charge in [-0.25, -0.2) is 0 Å². The molecule has 5 nitrogen and oxygen atoms in total. The van der Waals surface area contributed by atoms with Crippen molar-refractivity contribution in [1.82, 2.24) is 9.80 Å². The fourth-order valence-electron chi connectivity index (χ4n) is 3.09. The van der Waals surface area contributed by atoms with Gasteiger partial charge in [0.1, 0.15) is 0 Å². The van der Waals surface area contributed by atoms with Gasteiger partial charge in [-0.05, 0) is 19.5 Å². The summed E-state index contributed by atoms with van der Waals surface area (Å²) in [7, 11) is 2.09. The molecule has 2 aliphatic rings. The first kappa shape index (κ1) is 14.4. The maximum Gasteiger partial charge on any atom is 0.242 e. The lowest BCUT2D eigenvalue weighted by atomic mass is 9.99. The first-order chi connectivity index (χ1) is 10.1.